The number of carbonyl (C=O) groups is 1. The number of halogens is 1. The van der Waals surface area contributed by atoms with Crippen LogP contribution in [0.2, 0.25) is 0 Å². The minimum absolute atomic E-state index is 0.0155. The van der Waals surface area contributed by atoms with Crippen LogP contribution in [0.15, 0.2) is 48.5 Å². The molecule has 0 bridgehead atoms. The molecule has 3 nitrogen and oxygen atoms in total. The Labute approximate surface area is 144 Å². The number of amides is 1. The number of hydrogen-bond donors (Lipinski definition) is 0. The predicted octanol–water partition coefficient (Wildman–Crippen LogP) is 4.43. The molecule has 0 aliphatic heterocycles. The quantitative estimate of drug-likeness (QED) is 0.686. The average Bonchev–Trinajstić information content (AvgIpc) is 3.04. The third-order valence-corrected chi connectivity index (χ3v) is 4.99. The zero-order chi connectivity index (χ0) is 17.1. The summed E-state index contributed by atoms with van der Waals surface area (Å²) in [5, 5.41) is 1.01. The van der Waals surface area contributed by atoms with Gasteiger partial charge >= 0.3 is 0 Å². The van der Waals surface area contributed by atoms with E-state index in [-0.39, 0.29) is 11.7 Å². The molecule has 0 fully saturated rings. The van der Waals surface area contributed by atoms with Crippen molar-refractivity contribution in [2.45, 2.75) is 0 Å². The summed E-state index contributed by atoms with van der Waals surface area (Å²) >= 11 is 1.47. The van der Waals surface area contributed by atoms with E-state index in [1.807, 2.05) is 24.3 Å². The molecule has 0 aliphatic rings. The SMILES string of the molecule is COCCN(C)C(=O)c1cc2c(-c3ccc(F)cc3)cccc2s1. The number of methoxy groups -OCH3 is 1. The Morgan fingerprint density at radius 1 is 1.21 bits per heavy atom. The molecule has 1 amide bonds. The highest BCUT2D eigenvalue weighted by Gasteiger charge is 2.16. The van der Waals surface area contributed by atoms with E-state index in [1.54, 1.807) is 31.2 Å². The number of carbonyl (C=O) groups excluding carboxylic acids is 1. The van der Waals surface area contributed by atoms with E-state index in [4.69, 9.17) is 4.74 Å². The van der Waals surface area contributed by atoms with Gasteiger partial charge in [0.15, 0.2) is 0 Å². The molecule has 24 heavy (non-hydrogen) atoms. The van der Waals surface area contributed by atoms with Crippen LogP contribution in [0.4, 0.5) is 4.39 Å². The lowest BCUT2D eigenvalue weighted by molar-refractivity contribution is 0.0749. The highest BCUT2D eigenvalue weighted by atomic mass is 32.1. The molecule has 0 aliphatic carbocycles. The molecular formula is C19H18FNO2S. The largest absolute Gasteiger partial charge is 0.383 e. The first-order valence-corrected chi connectivity index (χ1v) is 8.44. The van der Waals surface area contributed by atoms with Crippen molar-refractivity contribution in [2.75, 3.05) is 27.3 Å². The predicted molar refractivity (Wildman–Crippen MR) is 96.1 cm³/mol. The third kappa shape index (κ3) is 3.32. The van der Waals surface area contributed by atoms with Gasteiger partial charge in [0.25, 0.3) is 5.91 Å². The Morgan fingerprint density at radius 2 is 1.96 bits per heavy atom. The summed E-state index contributed by atoms with van der Waals surface area (Å²) in [7, 11) is 3.39. The van der Waals surface area contributed by atoms with Crippen LogP contribution in [0.5, 0.6) is 0 Å². The normalized spacial score (nSPS) is 11.0. The van der Waals surface area contributed by atoms with Gasteiger partial charge in [-0.3, -0.25) is 4.79 Å². The zero-order valence-corrected chi connectivity index (χ0v) is 14.4. The van der Waals surface area contributed by atoms with Crippen molar-refractivity contribution in [2.24, 2.45) is 0 Å². The van der Waals surface area contributed by atoms with E-state index in [0.717, 1.165) is 21.2 Å². The summed E-state index contributed by atoms with van der Waals surface area (Å²) in [4.78, 5) is 14.9. The molecule has 0 radical (unpaired) electrons. The molecule has 3 rings (SSSR count). The lowest BCUT2D eigenvalue weighted by Crippen LogP contribution is -2.29. The van der Waals surface area contributed by atoms with Crippen LogP contribution in [0.1, 0.15) is 9.67 Å². The second-order valence-electron chi connectivity index (χ2n) is 5.55. The molecule has 1 aromatic heterocycles. The van der Waals surface area contributed by atoms with Gasteiger partial charge in [0.1, 0.15) is 5.82 Å². The van der Waals surface area contributed by atoms with Crippen molar-refractivity contribution in [3.05, 3.63) is 59.2 Å². The van der Waals surface area contributed by atoms with E-state index in [9.17, 15) is 9.18 Å². The molecule has 0 spiro atoms. The Bertz CT molecular complexity index is 857. The average molecular weight is 343 g/mol. The van der Waals surface area contributed by atoms with Crippen molar-refractivity contribution < 1.29 is 13.9 Å². The first kappa shape index (κ1) is 16.6. The third-order valence-electron chi connectivity index (χ3n) is 3.90. The zero-order valence-electron chi connectivity index (χ0n) is 13.6. The van der Waals surface area contributed by atoms with Crippen molar-refractivity contribution in [1.29, 1.82) is 0 Å². The topological polar surface area (TPSA) is 29.5 Å². The first-order chi connectivity index (χ1) is 11.6. The fourth-order valence-corrected chi connectivity index (χ4v) is 3.65. The maximum Gasteiger partial charge on any atom is 0.263 e. The second kappa shape index (κ2) is 7.11. The fraction of sp³-hybridized carbons (Fsp3) is 0.211. The van der Waals surface area contributed by atoms with Gasteiger partial charge in [-0.15, -0.1) is 11.3 Å². The molecule has 0 saturated carbocycles. The van der Waals surface area contributed by atoms with Gasteiger partial charge in [-0.05, 0) is 35.4 Å². The second-order valence-corrected chi connectivity index (χ2v) is 6.64. The van der Waals surface area contributed by atoms with E-state index >= 15 is 0 Å². The molecule has 0 saturated heterocycles. The van der Waals surface area contributed by atoms with Crippen LogP contribution < -0.4 is 0 Å². The molecule has 124 valence electrons. The van der Waals surface area contributed by atoms with E-state index < -0.39 is 0 Å². The molecule has 0 atom stereocenters. The minimum atomic E-state index is -0.258. The van der Waals surface area contributed by atoms with Gasteiger partial charge in [0.2, 0.25) is 0 Å². The van der Waals surface area contributed by atoms with Crippen LogP contribution in [-0.2, 0) is 4.74 Å². The van der Waals surface area contributed by atoms with Crippen LogP contribution in [0.25, 0.3) is 21.2 Å². The maximum absolute atomic E-state index is 13.2. The molecule has 0 unspecified atom stereocenters. The maximum atomic E-state index is 13.2. The van der Waals surface area contributed by atoms with Crippen molar-refractivity contribution in [1.82, 2.24) is 4.90 Å². The smallest absolute Gasteiger partial charge is 0.263 e. The Hall–Kier alpha value is -2.24. The lowest BCUT2D eigenvalue weighted by atomic mass is 10.0. The Balaban J connectivity index is 1.98. The van der Waals surface area contributed by atoms with Crippen molar-refractivity contribution in [3.63, 3.8) is 0 Å². The Kier molecular flexibility index (Phi) is 4.92. The number of rotatable bonds is 5. The summed E-state index contributed by atoms with van der Waals surface area (Å²) in [6.45, 7) is 1.06. The van der Waals surface area contributed by atoms with E-state index in [1.165, 1.54) is 23.5 Å². The number of ether oxygens (including phenoxy) is 1. The van der Waals surface area contributed by atoms with Crippen LogP contribution in [-0.4, -0.2) is 38.1 Å². The van der Waals surface area contributed by atoms with Gasteiger partial charge in [0, 0.05) is 30.8 Å². The summed E-state index contributed by atoms with van der Waals surface area (Å²) in [6.07, 6.45) is 0. The highest BCUT2D eigenvalue weighted by molar-refractivity contribution is 7.20. The van der Waals surface area contributed by atoms with Gasteiger partial charge in [0.05, 0.1) is 11.5 Å². The van der Waals surface area contributed by atoms with Gasteiger partial charge < -0.3 is 9.64 Å². The first-order valence-electron chi connectivity index (χ1n) is 7.63. The monoisotopic (exact) mass is 343 g/mol. The fourth-order valence-electron chi connectivity index (χ4n) is 2.57. The van der Waals surface area contributed by atoms with Gasteiger partial charge in [-0.25, -0.2) is 4.39 Å². The number of nitrogens with zero attached hydrogens (tertiary/aromatic N) is 1. The molecule has 3 aromatic rings. The lowest BCUT2D eigenvalue weighted by Gasteiger charge is -2.15. The number of likely N-dealkylation sites (N-methyl/N-ethyl adjacent to an activating group) is 1. The molecule has 2 aromatic carbocycles. The molecule has 5 heteroatoms. The van der Waals surface area contributed by atoms with Crippen LogP contribution in [0, 0.1) is 5.82 Å². The highest BCUT2D eigenvalue weighted by Crippen LogP contribution is 2.34. The summed E-state index contributed by atoms with van der Waals surface area (Å²) in [5.74, 6) is -0.273. The van der Waals surface area contributed by atoms with Gasteiger partial charge in [-0.1, -0.05) is 24.3 Å². The van der Waals surface area contributed by atoms with Crippen molar-refractivity contribution in [3.8, 4) is 11.1 Å². The molecule has 0 N–H and O–H groups in total. The van der Waals surface area contributed by atoms with Gasteiger partial charge in [-0.2, -0.15) is 0 Å². The number of thiophene rings is 1. The standard InChI is InChI=1S/C19H18FNO2S/c1-21(10-11-23-2)19(22)18-12-16-15(4-3-5-17(16)24-18)13-6-8-14(20)9-7-13/h3-9,12H,10-11H2,1-2H3. The summed E-state index contributed by atoms with van der Waals surface area (Å²) in [5.41, 5.74) is 1.94. The van der Waals surface area contributed by atoms with E-state index in [0.29, 0.717) is 18.0 Å². The molecular weight excluding hydrogens is 325 g/mol. The minimum Gasteiger partial charge on any atom is -0.383 e. The van der Waals surface area contributed by atoms with Crippen LogP contribution in [0.3, 0.4) is 0 Å². The summed E-state index contributed by atoms with van der Waals surface area (Å²) < 4.78 is 19.2. The number of benzene rings is 2. The molecule has 1 heterocycles. The number of hydrogen-bond acceptors (Lipinski definition) is 3. The van der Waals surface area contributed by atoms with E-state index in [2.05, 4.69) is 0 Å². The van der Waals surface area contributed by atoms with Crippen LogP contribution >= 0.6 is 11.3 Å². The summed E-state index contributed by atoms with van der Waals surface area (Å²) in [6, 6.07) is 14.3. The Morgan fingerprint density at radius 3 is 2.67 bits per heavy atom. The number of fused-ring (bicyclic) bond motifs is 1. The van der Waals surface area contributed by atoms with Crippen molar-refractivity contribution >= 4 is 27.3 Å².